The van der Waals surface area contributed by atoms with E-state index in [1.165, 1.54) is 0 Å². The van der Waals surface area contributed by atoms with Gasteiger partial charge in [-0.05, 0) is 30.4 Å². The van der Waals surface area contributed by atoms with E-state index in [0.29, 0.717) is 12.3 Å². The Morgan fingerprint density at radius 1 is 1.22 bits per heavy atom. The molecule has 1 atom stereocenters. The molecule has 2 heterocycles. The minimum absolute atomic E-state index is 0.248. The van der Waals surface area contributed by atoms with Crippen LogP contribution >= 0.6 is 0 Å². The summed E-state index contributed by atoms with van der Waals surface area (Å²) in [5, 5.41) is 0. The highest BCUT2D eigenvalue weighted by atomic mass is 16.5. The quantitative estimate of drug-likeness (QED) is 0.821. The lowest BCUT2D eigenvalue weighted by molar-refractivity contribution is -0.126. The number of hydrogen-bond donors (Lipinski definition) is 0. The van der Waals surface area contributed by atoms with E-state index >= 15 is 0 Å². The first-order chi connectivity index (χ1) is 8.83. The maximum Gasteiger partial charge on any atom is 0.173 e. The Kier molecular flexibility index (Phi) is 3.33. The second kappa shape index (κ2) is 5.11. The van der Waals surface area contributed by atoms with Crippen LogP contribution in [0.3, 0.4) is 0 Å². The molecule has 2 aliphatic heterocycles. The van der Waals surface area contributed by atoms with Gasteiger partial charge in [-0.1, -0.05) is 18.2 Å². The monoisotopic (exact) mass is 246 g/mol. The van der Waals surface area contributed by atoms with Crippen LogP contribution in [0.25, 0.3) is 0 Å². The highest BCUT2D eigenvalue weighted by molar-refractivity contribution is 5.84. The van der Waals surface area contributed by atoms with Crippen LogP contribution in [0.4, 0.5) is 0 Å². The van der Waals surface area contributed by atoms with Gasteiger partial charge in [0.2, 0.25) is 0 Å². The average molecular weight is 246 g/mol. The molecule has 0 radical (unpaired) electrons. The van der Waals surface area contributed by atoms with Crippen molar-refractivity contribution in [3.63, 3.8) is 0 Å². The number of carbonyl (C=O) groups is 1. The first-order valence-electron chi connectivity index (χ1n) is 6.68. The van der Waals surface area contributed by atoms with Crippen molar-refractivity contribution in [3.05, 3.63) is 29.8 Å². The van der Waals surface area contributed by atoms with Crippen LogP contribution in [0, 0.1) is 5.92 Å². The SMILES string of the molecule is O=C(CC1CCOCC1)C1Cc2ccccc2O1. The minimum atomic E-state index is -0.259. The molecule has 1 saturated heterocycles. The van der Waals surface area contributed by atoms with Gasteiger partial charge in [-0.25, -0.2) is 0 Å². The van der Waals surface area contributed by atoms with Crippen molar-refractivity contribution in [3.8, 4) is 5.75 Å². The maximum absolute atomic E-state index is 12.2. The van der Waals surface area contributed by atoms with Gasteiger partial charge in [0.05, 0.1) is 0 Å². The summed E-state index contributed by atoms with van der Waals surface area (Å²) in [4.78, 5) is 12.2. The molecule has 18 heavy (non-hydrogen) atoms. The number of ether oxygens (including phenoxy) is 2. The molecule has 1 fully saturated rings. The second-order valence-corrected chi connectivity index (χ2v) is 5.14. The number of rotatable bonds is 3. The van der Waals surface area contributed by atoms with Crippen molar-refractivity contribution in [2.45, 2.75) is 31.8 Å². The molecule has 0 amide bonds. The second-order valence-electron chi connectivity index (χ2n) is 5.14. The van der Waals surface area contributed by atoms with E-state index in [9.17, 15) is 4.79 Å². The van der Waals surface area contributed by atoms with Gasteiger partial charge in [0.25, 0.3) is 0 Å². The van der Waals surface area contributed by atoms with Crippen LogP contribution in [0.15, 0.2) is 24.3 Å². The van der Waals surface area contributed by atoms with Crippen molar-refractivity contribution in [1.29, 1.82) is 0 Å². The summed E-state index contributed by atoms with van der Waals surface area (Å²) in [6.45, 7) is 1.59. The molecule has 0 aliphatic carbocycles. The molecule has 1 aromatic rings. The number of hydrogen-bond acceptors (Lipinski definition) is 3. The Hall–Kier alpha value is -1.35. The summed E-state index contributed by atoms with van der Waals surface area (Å²) in [6, 6.07) is 7.92. The predicted molar refractivity (Wildman–Crippen MR) is 67.7 cm³/mol. The topological polar surface area (TPSA) is 35.5 Å². The van der Waals surface area contributed by atoms with Crippen molar-refractivity contribution < 1.29 is 14.3 Å². The summed E-state index contributed by atoms with van der Waals surface area (Å²) < 4.78 is 11.0. The Bertz CT molecular complexity index is 410. The maximum atomic E-state index is 12.2. The fraction of sp³-hybridized carbons (Fsp3) is 0.533. The van der Waals surface area contributed by atoms with Gasteiger partial charge < -0.3 is 9.47 Å². The number of benzene rings is 1. The molecule has 0 saturated carbocycles. The summed E-state index contributed by atoms with van der Waals surface area (Å²) in [6.07, 6.45) is 3.13. The van der Waals surface area contributed by atoms with Gasteiger partial charge in [-0.15, -0.1) is 0 Å². The van der Waals surface area contributed by atoms with Gasteiger partial charge in [0.1, 0.15) is 5.75 Å². The van der Waals surface area contributed by atoms with E-state index in [1.54, 1.807) is 0 Å². The van der Waals surface area contributed by atoms with E-state index < -0.39 is 0 Å². The molecule has 0 spiro atoms. The van der Waals surface area contributed by atoms with E-state index in [2.05, 4.69) is 0 Å². The van der Waals surface area contributed by atoms with Crippen molar-refractivity contribution in [1.82, 2.24) is 0 Å². The third-order valence-corrected chi connectivity index (χ3v) is 3.84. The largest absolute Gasteiger partial charge is 0.482 e. The zero-order chi connectivity index (χ0) is 12.4. The van der Waals surface area contributed by atoms with Crippen LogP contribution in [0.5, 0.6) is 5.75 Å². The number of para-hydroxylation sites is 1. The molecule has 3 heteroatoms. The van der Waals surface area contributed by atoms with Crippen LogP contribution in [0.2, 0.25) is 0 Å². The van der Waals surface area contributed by atoms with Gasteiger partial charge >= 0.3 is 0 Å². The summed E-state index contributed by atoms with van der Waals surface area (Å²) in [5.41, 5.74) is 1.16. The lowest BCUT2D eigenvalue weighted by Crippen LogP contribution is -2.29. The van der Waals surface area contributed by atoms with Gasteiger partial charge in [-0.2, -0.15) is 0 Å². The highest BCUT2D eigenvalue weighted by Gasteiger charge is 2.30. The first kappa shape index (κ1) is 11.7. The number of carbonyl (C=O) groups excluding carboxylic acids is 1. The molecule has 0 N–H and O–H groups in total. The van der Waals surface area contributed by atoms with Crippen molar-refractivity contribution >= 4 is 5.78 Å². The van der Waals surface area contributed by atoms with Crippen LogP contribution in [-0.2, 0) is 16.0 Å². The molecule has 3 nitrogen and oxygen atoms in total. The molecular weight excluding hydrogens is 228 g/mol. The zero-order valence-electron chi connectivity index (χ0n) is 10.4. The fourth-order valence-electron chi connectivity index (χ4n) is 2.73. The Morgan fingerprint density at radius 3 is 2.78 bits per heavy atom. The van der Waals surface area contributed by atoms with Crippen molar-refractivity contribution in [2.75, 3.05) is 13.2 Å². The Labute approximate surface area is 107 Å². The molecule has 0 bridgehead atoms. The number of Topliss-reactive ketones (excluding diaryl/α,β-unsaturated/α-hetero) is 1. The fourth-order valence-corrected chi connectivity index (χ4v) is 2.73. The molecule has 3 rings (SSSR count). The molecule has 1 aromatic carbocycles. The van der Waals surface area contributed by atoms with Gasteiger partial charge in [-0.3, -0.25) is 4.79 Å². The summed E-state index contributed by atoms with van der Waals surface area (Å²) in [5.74, 6) is 1.61. The molecule has 1 unspecified atom stereocenters. The average Bonchev–Trinajstić information content (AvgIpc) is 2.84. The van der Waals surface area contributed by atoms with Gasteiger partial charge in [0.15, 0.2) is 11.9 Å². The predicted octanol–water partition coefficient (Wildman–Crippen LogP) is 2.38. The van der Waals surface area contributed by atoms with E-state index in [4.69, 9.17) is 9.47 Å². The number of fused-ring (bicyclic) bond motifs is 1. The molecular formula is C15H18O3. The summed E-state index contributed by atoms with van der Waals surface area (Å²) >= 11 is 0. The van der Waals surface area contributed by atoms with Crippen LogP contribution in [-0.4, -0.2) is 25.1 Å². The highest BCUT2D eigenvalue weighted by Crippen LogP contribution is 2.30. The number of ketones is 1. The third kappa shape index (κ3) is 2.41. The van der Waals surface area contributed by atoms with Crippen LogP contribution < -0.4 is 4.74 Å². The van der Waals surface area contributed by atoms with Crippen molar-refractivity contribution in [2.24, 2.45) is 5.92 Å². The summed E-state index contributed by atoms with van der Waals surface area (Å²) in [7, 11) is 0. The molecule has 0 aromatic heterocycles. The minimum Gasteiger partial charge on any atom is -0.482 e. The third-order valence-electron chi connectivity index (χ3n) is 3.84. The van der Waals surface area contributed by atoms with E-state index in [0.717, 1.165) is 43.8 Å². The molecule has 2 aliphatic rings. The standard InChI is InChI=1S/C15H18O3/c16-13(9-11-5-7-17-8-6-11)15-10-12-3-1-2-4-14(12)18-15/h1-4,11,15H,5-10H2. The van der Waals surface area contributed by atoms with E-state index in [-0.39, 0.29) is 11.9 Å². The lowest BCUT2D eigenvalue weighted by Gasteiger charge is -2.22. The smallest absolute Gasteiger partial charge is 0.173 e. The van der Waals surface area contributed by atoms with Gasteiger partial charge in [0, 0.05) is 26.1 Å². The zero-order valence-corrected chi connectivity index (χ0v) is 10.4. The van der Waals surface area contributed by atoms with E-state index in [1.807, 2.05) is 24.3 Å². The normalized spacial score (nSPS) is 23.4. The Balaban J connectivity index is 1.58. The first-order valence-corrected chi connectivity index (χ1v) is 6.68. The Morgan fingerprint density at radius 2 is 2.00 bits per heavy atom. The van der Waals surface area contributed by atoms with Crippen LogP contribution in [0.1, 0.15) is 24.8 Å². The molecule has 96 valence electrons. The lowest BCUT2D eigenvalue weighted by atomic mass is 9.92.